The summed E-state index contributed by atoms with van der Waals surface area (Å²) in [6.45, 7) is 2.55. The minimum Gasteiger partial charge on any atom is -0.392 e. The molecule has 2 heterocycles. The number of hydrogen-bond donors (Lipinski definition) is 1. The Morgan fingerprint density at radius 3 is 2.55 bits per heavy atom. The lowest BCUT2D eigenvalue weighted by Gasteiger charge is -2.32. The highest BCUT2D eigenvalue weighted by Crippen LogP contribution is 2.48. The first-order valence-electron chi connectivity index (χ1n) is 10.6. The van der Waals surface area contributed by atoms with Crippen molar-refractivity contribution in [2.24, 2.45) is 17.8 Å². The maximum Gasteiger partial charge on any atom is 0.225 e. The fraction of sp³-hybridized carbons (Fsp3) is 0.545. The molecule has 2 aliphatic rings. The van der Waals surface area contributed by atoms with E-state index in [0.29, 0.717) is 35.5 Å². The van der Waals surface area contributed by atoms with Crippen LogP contribution in [0.25, 0.3) is 0 Å². The summed E-state index contributed by atoms with van der Waals surface area (Å²) in [6, 6.07) is 3.97. The van der Waals surface area contributed by atoms with Gasteiger partial charge in [-0.1, -0.05) is 6.07 Å². The Bertz CT molecular complexity index is 1010. The van der Waals surface area contributed by atoms with Gasteiger partial charge < -0.3 is 14.7 Å². The molecule has 7 nitrogen and oxygen atoms in total. The van der Waals surface area contributed by atoms with E-state index in [1.807, 2.05) is 0 Å². The largest absolute Gasteiger partial charge is 0.392 e. The van der Waals surface area contributed by atoms with Gasteiger partial charge in [-0.2, -0.15) is 0 Å². The summed E-state index contributed by atoms with van der Waals surface area (Å²) in [4.78, 5) is 10.9. The summed E-state index contributed by atoms with van der Waals surface area (Å²) in [5, 5.41) is 9.10. The molecule has 0 spiro atoms. The Morgan fingerprint density at radius 1 is 1.23 bits per heavy atom. The fourth-order valence-corrected chi connectivity index (χ4v) is 4.99. The van der Waals surface area contributed by atoms with E-state index >= 15 is 0 Å². The van der Waals surface area contributed by atoms with Gasteiger partial charge in [-0.25, -0.2) is 22.8 Å². The summed E-state index contributed by atoms with van der Waals surface area (Å²) in [6.07, 6.45) is 7.72. The lowest BCUT2D eigenvalue weighted by atomic mass is 9.91. The molecule has 1 aliphatic heterocycles. The highest BCUT2D eigenvalue weighted by atomic mass is 32.2. The molecule has 2 fully saturated rings. The molecule has 2 unspecified atom stereocenters. The zero-order valence-corrected chi connectivity index (χ0v) is 18.4. The van der Waals surface area contributed by atoms with E-state index in [1.54, 1.807) is 12.4 Å². The highest BCUT2D eigenvalue weighted by molar-refractivity contribution is 7.90. The molecular formula is C22H28FN3O4S. The Labute approximate surface area is 182 Å². The third-order valence-corrected chi connectivity index (χ3v) is 7.43. The molecule has 0 amide bonds. The van der Waals surface area contributed by atoms with Crippen LogP contribution in [0.4, 0.5) is 10.3 Å². The van der Waals surface area contributed by atoms with E-state index in [1.165, 1.54) is 12.1 Å². The van der Waals surface area contributed by atoms with Crippen LogP contribution in [0.3, 0.4) is 0 Å². The first kappa shape index (κ1) is 22.1. The van der Waals surface area contributed by atoms with E-state index in [-0.39, 0.29) is 18.1 Å². The molecule has 1 N–H and O–H groups in total. The molecule has 0 radical (unpaired) electrons. The highest BCUT2D eigenvalue weighted by Gasteiger charge is 2.43. The van der Waals surface area contributed by atoms with Crippen LogP contribution in [0.1, 0.15) is 30.4 Å². The Balaban J connectivity index is 1.20. The predicted molar refractivity (Wildman–Crippen MR) is 114 cm³/mol. The predicted octanol–water partition coefficient (Wildman–Crippen LogP) is 2.58. The molecular weight excluding hydrogens is 421 g/mol. The second-order valence-corrected chi connectivity index (χ2v) is 10.6. The SMILES string of the molecule is CS(=O)(=O)c1ccc(COCC2CC2C2CCN(c3ncc(CO)cn3)CC2)c(F)c1. The Kier molecular flexibility index (Phi) is 6.55. The molecule has 1 aliphatic carbocycles. The lowest BCUT2D eigenvalue weighted by molar-refractivity contribution is 0.102. The number of nitrogens with zero attached hydrogens (tertiary/aromatic N) is 3. The molecule has 2 aromatic rings. The van der Waals surface area contributed by atoms with Crippen molar-refractivity contribution in [1.82, 2.24) is 9.97 Å². The van der Waals surface area contributed by atoms with Gasteiger partial charge in [-0.3, -0.25) is 0 Å². The molecule has 168 valence electrons. The number of aromatic nitrogens is 2. The molecule has 1 saturated carbocycles. The molecule has 9 heteroatoms. The zero-order chi connectivity index (χ0) is 22.0. The standard InChI is InChI=1S/C22H28FN3O4S/c1-31(28,29)19-3-2-17(21(23)9-19)13-30-14-18-8-20(18)16-4-6-26(7-5-16)22-24-10-15(12-27)11-25-22/h2-3,9-11,16,18,20,27H,4-8,12-14H2,1H3. The maximum atomic E-state index is 14.1. The maximum absolute atomic E-state index is 14.1. The van der Waals surface area contributed by atoms with Gasteiger partial charge >= 0.3 is 0 Å². The average molecular weight is 450 g/mol. The number of aliphatic hydroxyl groups is 1. The smallest absolute Gasteiger partial charge is 0.225 e. The summed E-state index contributed by atoms with van der Waals surface area (Å²) in [5.41, 5.74) is 1.09. The normalized spacial score (nSPS) is 22.0. The third kappa shape index (κ3) is 5.39. The molecule has 2 atom stereocenters. The van der Waals surface area contributed by atoms with Gasteiger partial charge in [0.1, 0.15) is 5.82 Å². The van der Waals surface area contributed by atoms with Crippen LogP contribution in [0.15, 0.2) is 35.5 Å². The number of sulfone groups is 1. The summed E-state index contributed by atoms with van der Waals surface area (Å²) < 4.78 is 42.9. The Morgan fingerprint density at radius 2 is 1.94 bits per heavy atom. The molecule has 1 aromatic carbocycles. The van der Waals surface area contributed by atoms with Gasteiger partial charge in [0.15, 0.2) is 9.84 Å². The number of halogens is 1. The molecule has 31 heavy (non-hydrogen) atoms. The van der Waals surface area contributed by atoms with Crippen LogP contribution in [0.5, 0.6) is 0 Å². The van der Waals surface area contributed by atoms with Crippen molar-refractivity contribution in [2.45, 2.75) is 37.4 Å². The number of ether oxygens (including phenoxy) is 1. The van der Waals surface area contributed by atoms with E-state index in [4.69, 9.17) is 9.84 Å². The van der Waals surface area contributed by atoms with Gasteiger partial charge in [-0.05, 0) is 49.1 Å². The Hall–Kier alpha value is -2.10. The number of rotatable bonds is 8. The van der Waals surface area contributed by atoms with Crippen molar-refractivity contribution in [3.05, 3.63) is 47.5 Å². The average Bonchev–Trinajstić information content (AvgIpc) is 3.54. The van der Waals surface area contributed by atoms with Crippen molar-refractivity contribution in [2.75, 3.05) is 30.9 Å². The first-order chi connectivity index (χ1) is 14.8. The number of hydrogen-bond acceptors (Lipinski definition) is 7. The van der Waals surface area contributed by atoms with Crippen molar-refractivity contribution in [1.29, 1.82) is 0 Å². The third-order valence-electron chi connectivity index (χ3n) is 6.32. The van der Waals surface area contributed by atoms with E-state index in [9.17, 15) is 12.8 Å². The first-order valence-corrected chi connectivity index (χ1v) is 12.5. The van der Waals surface area contributed by atoms with Crippen LogP contribution in [0.2, 0.25) is 0 Å². The van der Waals surface area contributed by atoms with Gasteiger partial charge in [0.05, 0.1) is 24.7 Å². The molecule has 4 rings (SSSR count). The molecule has 1 saturated heterocycles. The van der Waals surface area contributed by atoms with Crippen molar-refractivity contribution >= 4 is 15.8 Å². The molecule has 1 aromatic heterocycles. The number of piperidine rings is 1. The van der Waals surface area contributed by atoms with Crippen LogP contribution in [0, 0.1) is 23.6 Å². The van der Waals surface area contributed by atoms with Crippen molar-refractivity contribution in [3.8, 4) is 0 Å². The summed E-state index contributed by atoms with van der Waals surface area (Å²) in [5.74, 6) is 1.99. The van der Waals surface area contributed by atoms with Gasteiger partial charge in [0.25, 0.3) is 0 Å². The van der Waals surface area contributed by atoms with E-state index in [2.05, 4.69) is 14.9 Å². The van der Waals surface area contributed by atoms with Gasteiger partial charge in [0, 0.05) is 42.9 Å². The van der Waals surface area contributed by atoms with Gasteiger partial charge in [0.2, 0.25) is 5.95 Å². The summed E-state index contributed by atoms with van der Waals surface area (Å²) in [7, 11) is -3.41. The van der Waals surface area contributed by atoms with Crippen LogP contribution < -0.4 is 4.90 Å². The van der Waals surface area contributed by atoms with Crippen molar-refractivity contribution in [3.63, 3.8) is 0 Å². The number of anilines is 1. The minimum atomic E-state index is -3.41. The fourth-order valence-electron chi connectivity index (χ4n) is 4.36. The topological polar surface area (TPSA) is 92.6 Å². The van der Waals surface area contributed by atoms with E-state index < -0.39 is 15.7 Å². The number of benzene rings is 1. The second kappa shape index (κ2) is 9.18. The van der Waals surface area contributed by atoms with Crippen molar-refractivity contribution < 1.29 is 22.7 Å². The second-order valence-electron chi connectivity index (χ2n) is 8.57. The van der Waals surface area contributed by atoms with Crippen LogP contribution >= 0.6 is 0 Å². The van der Waals surface area contributed by atoms with Crippen LogP contribution in [-0.2, 0) is 27.8 Å². The quantitative estimate of drug-likeness (QED) is 0.662. The summed E-state index contributed by atoms with van der Waals surface area (Å²) >= 11 is 0. The zero-order valence-electron chi connectivity index (χ0n) is 17.6. The van der Waals surface area contributed by atoms with Crippen LogP contribution in [-0.4, -0.2) is 49.4 Å². The molecule has 0 bridgehead atoms. The van der Waals surface area contributed by atoms with Gasteiger partial charge in [-0.15, -0.1) is 0 Å². The number of aliphatic hydroxyl groups excluding tert-OH is 1. The lowest BCUT2D eigenvalue weighted by Crippen LogP contribution is -2.35. The monoisotopic (exact) mass is 449 g/mol. The minimum absolute atomic E-state index is 0.0166. The van der Waals surface area contributed by atoms with E-state index in [0.717, 1.165) is 50.6 Å².